The van der Waals surface area contributed by atoms with Crippen molar-refractivity contribution in [2.45, 2.75) is 6.42 Å². The molecule has 0 fully saturated rings. The van der Waals surface area contributed by atoms with E-state index in [1.54, 1.807) is 7.11 Å². The minimum atomic E-state index is 0.0395. The van der Waals surface area contributed by atoms with Gasteiger partial charge in [-0.2, -0.15) is 0 Å². The van der Waals surface area contributed by atoms with E-state index in [1.165, 1.54) is 10.8 Å². The number of carbonyl (C=O) groups excluding carboxylic acids is 1. The summed E-state index contributed by atoms with van der Waals surface area (Å²) in [5, 5.41) is 5.33. The summed E-state index contributed by atoms with van der Waals surface area (Å²) in [6.45, 7) is 0.561. The van der Waals surface area contributed by atoms with Gasteiger partial charge in [0, 0.05) is 23.7 Å². The zero-order valence-corrected chi connectivity index (χ0v) is 17.6. The topological polar surface area (TPSA) is 67.0 Å². The summed E-state index contributed by atoms with van der Waals surface area (Å²) >= 11 is 2.07. The maximum absolute atomic E-state index is 11.7. The number of pyridine rings is 1. The van der Waals surface area contributed by atoms with Gasteiger partial charge < -0.3 is 15.0 Å². The summed E-state index contributed by atoms with van der Waals surface area (Å²) in [5.41, 5.74) is 5.09. The minimum Gasteiger partial charge on any atom is -0.481 e. The lowest BCUT2D eigenvalue weighted by atomic mass is 9.98. The van der Waals surface area contributed by atoms with Crippen LogP contribution in [-0.4, -0.2) is 34.0 Å². The van der Waals surface area contributed by atoms with Crippen molar-refractivity contribution in [2.75, 3.05) is 18.1 Å². The number of carbonyl (C=O) groups is 1. The second kappa shape index (κ2) is 8.18. The van der Waals surface area contributed by atoms with Crippen LogP contribution >= 0.6 is 22.6 Å². The molecule has 0 atom stereocenters. The minimum absolute atomic E-state index is 0.0395. The molecule has 28 heavy (non-hydrogen) atoms. The van der Waals surface area contributed by atoms with Crippen molar-refractivity contribution in [3.8, 4) is 17.1 Å². The number of H-pyrrole nitrogens is 1. The Bertz CT molecular complexity index is 1150. The number of nitrogens with zero attached hydrogens (tertiary/aromatic N) is 1. The predicted octanol–water partition coefficient (Wildman–Crippen LogP) is 4.49. The summed E-state index contributed by atoms with van der Waals surface area (Å²) in [4.78, 5) is 19.9. The first-order valence-electron chi connectivity index (χ1n) is 9.07. The summed E-state index contributed by atoms with van der Waals surface area (Å²) < 4.78 is 5.78. The Balaban J connectivity index is 1.86. The molecule has 0 unspecified atom stereocenters. The molecule has 0 saturated heterocycles. The van der Waals surface area contributed by atoms with Crippen LogP contribution in [0.5, 0.6) is 5.88 Å². The van der Waals surface area contributed by atoms with Crippen LogP contribution in [0, 0.1) is 0 Å². The molecule has 2 aromatic heterocycles. The number of hydrogen-bond acceptors (Lipinski definition) is 3. The fraction of sp³-hybridized carbons (Fsp3) is 0.182. The van der Waals surface area contributed by atoms with Crippen LogP contribution in [0.1, 0.15) is 5.56 Å². The molecule has 142 valence electrons. The van der Waals surface area contributed by atoms with Crippen LogP contribution in [0.2, 0.25) is 0 Å². The first-order chi connectivity index (χ1) is 13.7. The van der Waals surface area contributed by atoms with Gasteiger partial charge in [0.1, 0.15) is 0 Å². The smallest absolute Gasteiger partial charge is 0.229 e. The maximum atomic E-state index is 11.7. The lowest BCUT2D eigenvalue weighted by molar-refractivity contribution is -0.118. The van der Waals surface area contributed by atoms with Gasteiger partial charge in [-0.1, -0.05) is 65.1 Å². The maximum Gasteiger partial charge on any atom is 0.229 e. The van der Waals surface area contributed by atoms with E-state index in [9.17, 15) is 4.79 Å². The zero-order chi connectivity index (χ0) is 19.5. The Morgan fingerprint density at radius 2 is 1.96 bits per heavy atom. The molecule has 0 aliphatic carbocycles. The van der Waals surface area contributed by atoms with Gasteiger partial charge >= 0.3 is 0 Å². The van der Waals surface area contributed by atoms with E-state index in [0.29, 0.717) is 23.3 Å². The van der Waals surface area contributed by atoms with Crippen LogP contribution < -0.4 is 10.1 Å². The second-order valence-corrected chi connectivity index (χ2v) is 7.25. The van der Waals surface area contributed by atoms with E-state index in [-0.39, 0.29) is 5.91 Å². The van der Waals surface area contributed by atoms with Crippen molar-refractivity contribution >= 4 is 50.3 Å². The Labute approximate surface area is 176 Å². The van der Waals surface area contributed by atoms with Crippen molar-refractivity contribution in [3.63, 3.8) is 0 Å². The molecule has 6 heteroatoms. The van der Waals surface area contributed by atoms with E-state index in [2.05, 4.69) is 74.3 Å². The van der Waals surface area contributed by atoms with Gasteiger partial charge in [-0.25, -0.2) is 4.98 Å². The fourth-order valence-corrected chi connectivity index (χ4v) is 3.77. The summed E-state index contributed by atoms with van der Waals surface area (Å²) in [6.07, 6.45) is 0.682. The van der Waals surface area contributed by atoms with E-state index in [0.717, 1.165) is 27.9 Å². The van der Waals surface area contributed by atoms with Crippen molar-refractivity contribution in [3.05, 3.63) is 60.2 Å². The fourth-order valence-electron chi connectivity index (χ4n) is 3.51. The predicted molar refractivity (Wildman–Crippen MR) is 121 cm³/mol. The van der Waals surface area contributed by atoms with Crippen LogP contribution in [0.3, 0.4) is 0 Å². The highest BCUT2D eigenvalue weighted by Crippen LogP contribution is 2.34. The normalized spacial score (nSPS) is 11.1. The van der Waals surface area contributed by atoms with Gasteiger partial charge in [-0.15, -0.1) is 0 Å². The number of methoxy groups -OCH3 is 1. The molecule has 4 aromatic rings. The number of amides is 1. The molecule has 0 bridgehead atoms. The largest absolute Gasteiger partial charge is 0.481 e. The van der Waals surface area contributed by atoms with Gasteiger partial charge in [0.2, 0.25) is 11.8 Å². The van der Waals surface area contributed by atoms with E-state index < -0.39 is 0 Å². The van der Waals surface area contributed by atoms with Gasteiger partial charge in [0.15, 0.2) is 0 Å². The average Bonchev–Trinajstić information content (AvgIpc) is 3.10. The van der Waals surface area contributed by atoms with Crippen molar-refractivity contribution < 1.29 is 9.53 Å². The zero-order valence-electron chi connectivity index (χ0n) is 15.5. The summed E-state index contributed by atoms with van der Waals surface area (Å²) in [7, 11) is 1.62. The number of nitrogens with one attached hydrogen (secondary N) is 2. The number of benzene rings is 2. The Morgan fingerprint density at radius 3 is 2.79 bits per heavy atom. The molecule has 0 saturated carbocycles. The Hall–Kier alpha value is -2.61. The average molecular weight is 485 g/mol. The van der Waals surface area contributed by atoms with Gasteiger partial charge in [0.05, 0.1) is 28.3 Å². The van der Waals surface area contributed by atoms with E-state index in [1.807, 2.05) is 18.2 Å². The number of aromatic amines is 1. The van der Waals surface area contributed by atoms with Crippen LogP contribution in [-0.2, 0) is 11.2 Å². The van der Waals surface area contributed by atoms with E-state index in [4.69, 9.17) is 4.74 Å². The molecule has 4 rings (SSSR count). The number of hydrogen-bond donors (Lipinski definition) is 2. The third kappa shape index (κ3) is 3.56. The molecule has 2 aromatic carbocycles. The molecule has 2 heterocycles. The molecule has 5 nitrogen and oxygen atoms in total. The monoisotopic (exact) mass is 485 g/mol. The molecule has 2 N–H and O–H groups in total. The Kier molecular flexibility index (Phi) is 5.47. The third-order valence-corrected chi connectivity index (χ3v) is 5.50. The molecule has 0 aliphatic heterocycles. The standard InChI is InChI=1S/C22H20IN3O2/c1-28-20-10-9-18-22(26-20)17(11-12-24-19(27)13-23)21(25-18)16-8-4-6-14-5-2-3-7-15(14)16/h2-10,25H,11-13H2,1H3,(H,24,27). The van der Waals surface area contributed by atoms with Crippen LogP contribution in [0.4, 0.5) is 0 Å². The lowest BCUT2D eigenvalue weighted by Crippen LogP contribution is -2.26. The lowest BCUT2D eigenvalue weighted by Gasteiger charge is -2.09. The quantitative estimate of drug-likeness (QED) is 0.313. The van der Waals surface area contributed by atoms with Crippen molar-refractivity contribution in [1.82, 2.24) is 15.3 Å². The molecule has 0 aliphatic rings. The van der Waals surface area contributed by atoms with Gasteiger partial charge in [-0.3, -0.25) is 4.79 Å². The van der Waals surface area contributed by atoms with Crippen molar-refractivity contribution in [1.29, 1.82) is 0 Å². The summed E-state index contributed by atoms with van der Waals surface area (Å²) in [6, 6.07) is 18.5. The Morgan fingerprint density at radius 1 is 1.14 bits per heavy atom. The molecular formula is C22H20IN3O2. The second-order valence-electron chi connectivity index (χ2n) is 6.49. The number of halogens is 1. The number of alkyl halides is 1. The first-order valence-corrected chi connectivity index (χ1v) is 10.6. The highest BCUT2D eigenvalue weighted by Gasteiger charge is 2.17. The number of fused-ring (bicyclic) bond motifs is 2. The molecular weight excluding hydrogens is 465 g/mol. The van der Waals surface area contributed by atoms with E-state index >= 15 is 0 Å². The molecule has 0 radical (unpaired) electrons. The summed E-state index contributed by atoms with van der Waals surface area (Å²) in [5.74, 6) is 0.617. The van der Waals surface area contributed by atoms with Crippen LogP contribution in [0.15, 0.2) is 54.6 Å². The van der Waals surface area contributed by atoms with Crippen LogP contribution in [0.25, 0.3) is 33.1 Å². The van der Waals surface area contributed by atoms with Gasteiger partial charge in [0.25, 0.3) is 0 Å². The highest BCUT2D eigenvalue weighted by molar-refractivity contribution is 14.1. The number of ether oxygens (including phenoxy) is 1. The molecule has 1 amide bonds. The van der Waals surface area contributed by atoms with Gasteiger partial charge in [-0.05, 0) is 23.3 Å². The number of aromatic nitrogens is 2. The van der Waals surface area contributed by atoms with Crippen molar-refractivity contribution in [2.24, 2.45) is 0 Å². The molecule has 0 spiro atoms. The first kappa shape index (κ1) is 18.7. The third-order valence-electron chi connectivity index (χ3n) is 4.80. The highest BCUT2D eigenvalue weighted by atomic mass is 127. The SMILES string of the molecule is COc1ccc2[nH]c(-c3cccc4ccccc34)c(CCNC(=O)CI)c2n1. The number of rotatable bonds is 6.